The molecule has 1 spiro atoms. The Balaban J connectivity index is 1.17. The maximum Gasteiger partial charge on any atom is 0.255 e. The van der Waals surface area contributed by atoms with Crippen LogP contribution in [0.15, 0.2) is 36.5 Å². The van der Waals surface area contributed by atoms with Gasteiger partial charge < -0.3 is 10.0 Å². The van der Waals surface area contributed by atoms with E-state index in [1.54, 1.807) is 4.90 Å². The Morgan fingerprint density at radius 3 is 2.70 bits per heavy atom. The minimum Gasteiger partial charge on any atom is -0.393 e. The minimum absolute atomic E-state index is 0.114. The van der Waals surface area contributed by atoms with Gasteiger partial charge in [-0.25, -0.2) is 0 Å². The van der Waals surface area contributed by atoms with E-state index < -0.39 is 11.9 Å². The summed E-state index contributed by atoms with van der Waals surface area (Å²) in [5, 5.41) is 11.9. The molecule has 1 unspecified atom stereocenters. The number of carbonyl (C=O) groups is 3. The van der Waals surface area contributed by atoms with Crippen LogP contribution in [0.1, 0.15) is 47.2 Å². The first kappa shape index (κ1) is 20.5. The smallest absolute Gasteiger partial charge is 0.255 e. The van der Waals surface area contributed by atoms with E-state index in [9.17, 15) is 19.5 Å². The number of aliphatic hydroxyl groups is 1. The van der Waals surface area contributed by atoms with Gasteiger partial charge in [0.1, 0.15) is 6.04 Å². The third kappa shape index (κ3) is 3.54. The van der Waals surface area contributed by atoms with Crippen LogP contribution >= 0.6 is 0 Å². The summed E-state index contributed by atoms with van der Waals surface area (Å²) < 4.78 is 0. The number of fused-ring (bicyclic) bond motifs is 1. The first-order valence-electron chi connectivity index (χ1n) is 11.5. The van der Waals surface area contributed by atoms with Crippen molar-refractivity contribution >= 4 is 17.7 Å². The maximum atomic E-state index is 12.9. The van der Waals surface area contributed by atoms with Gasteiger partial charge in [-0.05, 0) is 54.7 Å². The number of hydrogen-bond donors (Lipinski definition) is 2. The number of rotatable bonds is 4. The molecular formula is C25H26N4O4. The molecule has 3 amide bonds. The number of pyridine rings is 1. The molecule has 1 aliphatic carbocycles. The molecule has 170 valence electrons. The predicted octanol–water partition coefficient (Wildman–Crippen LogP) is 1.47. The topological polar surface area (TPSA) is 103 Å². The molecule has 1 aromatic carbocycles. The molecule has 0 radical (unpaired) electrons. The third-order valence-corrected chi connectivity index (χ3v) is 7.51. The molecule has 33 heavy (non-hydrogen) atoms. The van der Waals surface area contributed by atoms with Gasteiger partial charge in [-0.2, -0.15) is 0 Å². The summed E-state index contributed by atoms with van der Waals surface area (Å²) in [5.41, 5.74) is 4.82. The van der Waals surface area contributed by atoms with Gasteiger partial charge in [0.25, 0.3) is 5.91 Å². The Bertz CT molecular complexity index is 1160. The molecule has 3 fully saturated rings. The number of benzene rings is 1. The Morgan fingerprint density at radius 2 is 1.94 bits per heavy atom. The molecule has 2 N–H and O–H groups in total. The van der Waals surface area contributed by atoms with Gasteiger partial charge in [0, 0.05) is 55.3 Å². The summed E-state index contributed by atoms with van der Waals surface area (Å²) in [5.74, 6) is -0.848. The van der Waals surface area contributed by atoms with E-state index >= 15 is 0 Å². The van der Waals surface area contributed by atoms with E-state index in [0.717, 1.165) is 49.3 Å². The number of aliphatic hydroxyl groups excluding tert-OH is 1. The molecule has 1 aromatic heterocycles. The number of hydrogen-bond acceptors (Lipinski definition) is 6. The molecule has 8 nitrogen and oxygen atoms in total. The standard InChI is InChI=1S/C25H26N4O4/c30-18-9-25(10-18)13-28(14-25)11-15-5-6-26-20(7-15)16-1-2-19-17(8-16)12-29(24(19)33)21-3-4-22(31)27-23(21)32/h1-2,5-8,18,21,30H,3-4,9-14H2,(H,27,31,32). The number of likely N-dealkylation sites (tertiary alicyclic amines) is 1. The number of aromatic nitrogens is 1. The lowest BCUT2D eigenvalue weighted by atomic mass is 9.62. The molecule has 4 heterocycles. The zero-order valence-electron chi connectivity index (χ0n) is 18.3. The molecule has 6 rings (SSSR count). The normalized spacial score (nSPS) is 24.5. The van der Waals surface area contributed by atoms with E-state index in [1.807, 2.05) is 30.5 Å². The van der Waals surface area contributed by atoms with Gasteiger partial charge in [-0.1, -0.05) is 6.07 Å². The second-order valence-corrected chi connectivity index (χ2v) is 10.0. The van der Waals surface area contributed by atoms with Crippen molar-refractivity contribution in [3.05, 3.63) is 53.2 Å². The fraction of sp³-hybridized carbons (Fsp3) is 0.440. The van der Waals surface area contributed by atoms with Crippen molar-refractivity contribution in [2.45, 2.75) is 50.9 Å². The van der Waals surface area contributed by atoms with Crippen LogP contribution in [0.4, 0.5) is 0 Å². The van der Waals surface area contributed by atoms with Gasteiger partial charge in [-0.3, -0.25) is 29.6 Å². The zero-order valence-corrected chi connectivity index (χ0v) is 18.3. The summed E-state index contributed by atoms with van der Waals surface area (Å²) in [6.45, 7) is 3.30. The molecule has 2 aromatic rings. The summed E-state index contributed by atoms with van der Waals surface area (Å²) >= 11 is 0. The van der Waals surface area contributed by atoms with E-state index in [0.29, 0.717) is 23.9 Å². The third-order valence-electron chi connectivity index (χ3n) is 7.51. The molecule has 1 atom stereocenters. The van der Waals surface area contributed by atoms with Crippen molar-refractivity contribution < 1.29 is 19.5 Å². The Kier molecular flexibility index (Phi) is 4.64. The Hall–Kier alpha value is -3.10. The summed E-state index contributed by atoms with van der Waals surface area (Å²) in [6, 6.07) is 9.23. The van der Waals surface area contributed by atoms with Crippen molar-refractivity contribution in [2.24, 2.45) is 5.41 Å². The largest absolute Gasteiger partial charge is 0.393 e. The predicted molar refractivity (Wildman–Crippen MR) is 119 cm³/mol. The van der Waals surface area contributed by atoms with Crippen LogP contribution in [0, 0.1) is 5.41 Å². The fourth-order valence-corrected chi connectivity index (χ4v) is 5.93. The zero-order chi connectivity index (χ0) is 22.7. The van der Waals surface area contributed by atoms with Crippen LogP contribution in [-0.2, 0) is 22.7 Å². The highest BCUT2D eigenvalue weighted by Gasteiger charge is 2.51. The van der Waals surface area contributed by atoms with E-state index in [2.05, 4.69) is 21.3 Å². The molecule has 4 aliphatic rings. The maximum absolute atomic E-state index is 12.9. The van der Waals surface area contributed by atoms with E-state index in [1.165, 1.54) is 5.56 Å². The average Bonchev–Trinajstić information content (AvgIpc) is 3.07. The van der Waals surface area contributed by atoms with Crippen molar-refractivity contribution in [1.82, 2.24) is 20.1 Å². The monoisotopic (exact) mass is 446 g/mol. The van der Waals surface area contributed by atoms with E-state index in [-0.39, 0.29) is 24.3 Å². The highest BCUT2D eigenvalue weighted by Crippen LogP contribution is 2.48. The Labute approximate surface area is 191 Å². The first-order valence-corrected chi connectivity index (χ1v) is 11.5. The summed E-state index contributed by atoms with van der Waals surface area (Å²) in [6.07, 6.45) is 4.16. The van der Waals surface area contributed by atoms with Crippen LogP contribution in [-0.4, -0.2) is 62.8 Å². The number of piperidine rings is 1. The van der Waals surface area contributed by atoms with Gasteiger partial charge in [0.15, 0.2) is 0 Å². The van der Waals surface area contributed by atoms with Gasteiger partial charge >= 0.3 is 0 Å². The van der Waals surface area contributed by atoms with Crippen molar-refractivity contribution in [1.29, 1.82) is 0 Å². The van der Waals surface area contributed by atoms with Crippen molar-refractivity contribution in [2.75, 3.05) is 13.1 Å². The van der Waals surface area contributed by atoms with Crippen LogP contribution in [0.2, 0.25) is 0 Å². The molecule has 8 heteroatoms. The van der Waals surface area contributed by atoms with Crippen molar-refractivity contribution in [3.63, 3.8) is 0 Å². The van der Waals surface area contributed by atoms with Crippen molar-refractivity contribution in [3.8, 4) is 11.3 Å². The summed E-state index contributed by atoms with van der Waals surface area (Å²) in [4.78, 5) is 45.2. The minimum atomic E-state index is -0.607. The second kappa shape index (κ2) is 7.46. The van der Waals surface area contributed by atoms with Crippen LogP contribution < -0.4 is 5.32 Å². The van der Waals surface area contributed by atoms with Crippen LogP contribution in [0.3, 0.4) is 0 Å². The number of carbonyl (C=O) groups excluding carboxylic acids is 3. The quantitative estimate of drug-likeness (QED) is 0.690. The molecule has 0 bridgehead atoms. The first-order chi connectivity index (χ1) is 15.9. The number of imide groups is 1. The lowest BCUT2D eigenvalue weighted by Gasteiger charge is -2.58. The average molecular weight is 447 g/mol. The lowest BCUT2D eigenvalue weighted by Crippen LogP contribution is -2.63. The highest BCUT2D eigenvalue weighted by atomic mass is 16.3. The molecular weight excluding hydrogens is 420 g/mol. The second-order valence-electron chi connectivity index (χ2n) is 10.0. The van der Waals surface area contributed by atoms with Crippen LogP contribution in [0.25, 0.3) is 11.3 Å². The summed E-state index contributed by atoms with van der Waals surface area (Å²) in [7, 11) is 0. The van der Waals surface area contributed by atoms with Crippen LogP contribution in [0.5, 0.6) is 0 Å². The van der Waals surface area contributed by atoms with Gasteiger partial charge in [-0.15, -0.1) is 0 Å². The number of nitrogens with zero attached hydrogens (tertiary/aromatic N) is 3. The molecule has 3 aliphatic heterocycles. The molecule has 2 saturated heterocycles. The fourth-order valence-electron chi connectivity index (χ4n) is 5.93. The Morgan fingerprint density at radius 1 is 1.12 bits per heavy atom. The highest BCUT2D eigenvalue weighted by molar-refractivity contribution is 6.05. The SMILES string of the molecule is O=C1CCC(N2Cc3cc(-c4cc(CN5CC6(CC(O)C6)C5)ccn4)ccc3C2=O)C(=O)N1. The molecule has 1 saturated carbocycles. The van der Waals surface area contributed by atoms with Gasteiger partial charge in [0.05, 0.1) is 11.8 Å². The van der Waals surface area contributed by atoms with E-state index in [4.69, 9.17) is 0 Å². The lowest BCUT2D eigenvalue weighted by molar-refractivity contribution is -0.137. The van der Waals surface area contributed by atoms with Gasteiger partial charge in [0.2, 0.25) is 11.8 Å². The number of amides is 3. The number of nitrogens with one attached hydrogen (secondary N) is 1.